The van der Waals surface area contributed by atoms with Crippen molar-refractivity contribution in [2.24, 2.45) is 5.73 Å². The molecule has 110 valence electrons. The van der Waals surface area contributed by atoms with Crippen molar-refractivity contribution >= 4 is 11.7 Å². The molecule has 2 bridgehead atoms. The Kier molecular flexibility index (Phi) is 3.76. The summed E-state index contributed by atoms with van der Waals surface area (Å²) in [7, 11) is 0. The van der Waals surface area contributed by atoms with Crippen molar-refractivity contribution < 1.29 is 9.32 Å². The largest absolute Gasteiger partial charge is 0.360 e. The van der Waals surface area contributed by atoms with Gasteiger partial charge in [-0.1, -0.05) is 5.16 Å². The van der Waals surface area contributed by atoms with Gasteiger partial charge in [0.1, 0.15) is 5.76 Å². The van der Waals surface area contributed by atoms with E-state index in [1.54, 1.807) is 13.0 Å². The Labute approximate surface area is 118 Å². The van der Waals surface area contributed by atoms with Gasteiger partial charge in [-0.2, -0.15) is 0 Å². The number of hydrogen-bond donors (Lipinski definition) is 2. The fourth-order valence-corrected chi connectivity index (χ4v) is 3.54. The minimum atomic E-state index is -0.00688. The van der Waals surface area contributed by atoms with Gasteiger partial charge < -0.3 is 15.6 Å². The van der Waals surface area contributed by atoms with E-state index in [1.807, 2.05) is 0 Å². The highest BCUT2D eigenvalue weighted by Gasteiger charge is 2.39. The lowest BCUT2D eigenvalue weighted by atomic mass is 9.98. The first-order chi connectivity index (χ1) is 9.61. The van der Waals surface area contributed by atoms with Gasteiger partial charge in [0.05, 0.1) is 0 Å². The molecule has 1 aromatic rings. The Hall–Kier alpha value is -1.40. The second-order valence-corrected chi connectivity index (χ2v) is 5.98. The Morgan fingerprint density at radius 2 is 2.20 bits per heavy atom. The zero-order valence-electron chi connectivity index (χ0n) is 11.8. The van der Waals surface area contributed by atoms with Crippen LogP contribution in [0.25, 0.3) is 0 Å². The lowest BCUT2D eigenvalue weighted by Gasteiger charge is -2.37. The Balaban J connectivity index is 1.49. The molecular weight excluding hydrogens is 256 g/mol. The van der Waals surface area contributed by atoms with Crippen LogP contribution in [0.1, 0.15) is 37.9 Å². The lowest BCUT2D eigenvalue weighted by Crippen LogP contribution is -2.48. The van der Waals surface area contributed by atoms with E-state index in [4.69, 9.17) is 10.3 Å². The van der Waals surface area contributed by atoms with Gasteiger partial charge in [0.25, 0.3) is 0 Å². The highest BCUT2D eigenvalue weighted by Crippen LogP contribution is 2.34. The summed E-state index contributed by atoms with van der Waals surface area (Å²) in [5.74, 6) is 1.19. The van der Waals surface area contributed by atoms with E-state index in [9.17, 15) is 4.79 Å². The summed E-state index contributed by atoms with van der Waals surface area (Å²) in [6, 6.07) is 3.22. The molecule has 3 rings (SSSR count). The summed E-state index contributed by atoms with van der Waals surface area (Å²) in [6.45, 7) is 2.61. The summed E-state index contributed by atoms with van der Waals surface area (Å²) < 4.78 is 4.93. The summed E-state index contributed by atoms with van der Waals surface area (Å²) in [4.78, 5) is 14.4. The molecule has 2 aliphatic rings. The van der Waals surface area contributed by atoms with Crippen LogP contribution in [0.3, 0.4) is 0 Å². The van der Waals surface area contributed by atoms with Crippen LogP contribution in [-0.4, -0.2) is 40.6 Å². The predicted octanol–water partition coefficient (Wildman–Crippen LogP) is 1.27. The fraction of sp³-hybridized carbons (Fsp3) is 0.714. The van der Waals surface area contributed by atoms with Crippen molar-refractivity contribution in [3.63, 3.8) is 0 Å². The zero-order chi connectivity index (χ0) is 14.1. The second kappa shape index (κ2) is 5.54. The maximum Gasteiger partial charge on any atom is 0.226 e. The number of nitrogens with one attached hydrogen (secondary N) is 1. The third-order valence-electron chi connectivity index (χ3n) is 4.41. The normalized spacial score (nSPS) is 29.6. The van der Waals surface area contributed by atoms with Crippen LogP contribution in [0.2, 0.25) is 0 Å². The molecule has 3 N–H and O–H groups in total. The van der Waals surface area contributed by atoms with Crippen molar-refractivity contribution in [3.05, 3.63) is 11.8 Å². The Bertz CT molecular complexity index is 473. The molecular formula is C14H22N4O2. The number of carbonyl (C=O) groups is 1. The first-order valence-corrected chi connectivity index (χ1v) is 7.36. The minimum absolute atomic E-state index is 0.00688. The third kappa shape index (κ3) is 2.86. The number of amides is 1. The number of fused-ring (bicyclic) bond motifs is 2. The van der Waals surface area contributed by atoms with Gasteiger partial charge in [0.15, 0.2) is 5.82 Å². The summed E-state index contributed by atoms with van der Waals surface area (Å²) in [5.41, 5.74) is 6.05. The number of anilines is 1. The van der Waals surface area contributed by atoms with Gasteiger partial charge >= 0.3 is 0 Å². The average molecular weight is 278 g/mol. The average Bonchev–Trinajstić information content (AvgIpc) is 2.89. The minimum Gasteiger partial charge on any atom is -0.360 e. The molecule has 0 aliphatic carbocycles. The number of nitrogens with two attached hydrogens (primary N) is 1. The van der Waals surface area contributed by atoms with Crippen molar-refractivity contribution in [3.8, 4) is 0 Å². The van der Waals surface area contributed by atoms with E-state index in [0.29, 0.717) is 36.1 Å². The molecule has 0 radical (unpaired) electrons. The van der Waals surface area contributed by atoms with Crippen molar-refractivity contribution in [2.45, 2.75) is 57.2 Å². The number of piperidine rings is 1. The standard InChI is InChI=1S/C14H22N4O2/c1-9-6-13(17-20-9)16-14(19)4-5-18-11-2-3-12(18)8-10(15)7-11/h6,10-12H,2-5,7-8,15H2,1H3,(H,16,17,19). The van der Waals surface area contributed by atoms with Gasteiger partial charge in [0.2, 0.25) is 5.91 Å². The number of hydrogen-bond acceptors (Lipinski definition) is 5. The second-order valence-electron chi connectivity index (χ2n) is 5.98. The molecule has 6 nitrogen and oxygen atoms in total. The monoisotopic (exact) mass is 278 g/mol. The highest BCUT2D eigenvalue weighted by atomic mass is 16.5. The van der Waals surface area contributed by atoms with Crippen LogP contribution in [-0.2, 0) is 4.79 Å². The molecule has 3 heterocycles. The van der Waals surface area contributed by atoms with Gasteiger partial charge in [-0.05, 0) is 32.6 Å². The van der Waals surface area contributed by atoms with E-state index in [1.165, 1.54) is 12.8 Å². The van der Waals surface area contributed by atoms with Gasteiger partial charge in [-0.3, -0.25) is 9.69 Å². The van der Waals surface area contributed by atoms with Gasteiger partial charge in [0, 0.05) is 37.2 Å². The number of carbonyl (C=O) groups excluding carboxylic acids is 1. The van der Waals surface area contributed by atoms with Gasteiger partial charge in [-0.25, -0.2) is 0 Å². The maximum atomic E-state index is 11.9. The van der Waals surface area contributed by atoms with E-state index in [2.05, 4.69) is 15.4 Å². The zero-order valence-corrected chi connectivity index (χ0v) is 11.8. The quantitative estimate of drug-likeness (QED) is 0.866. The first-order valence-electron chi connectivity index (χ1n) is 7.36. The van der Waals surface area contributed by atoms with E-state index in [0.717, 1.165) is 19.4 Å². The highest BCUT2D eigenvalue weighted by molar-refractivity contribution is 5.89. The molecule has 2 fully saturated rings. The summed E-state index contributed by atoms with van der Waals surface area (Å²) >= 11 is 0. The number of rotatable bonds is 4. The molecule has 2 saturated heterocycles. The van der Waals surface area contributed by atoms with Crippen LogP contribution < -0.4 is 11.1 Å². The molecule has 2 atom stereocenters. The molecule has 1 aromatic heterocycles. The van der Waals surface area contributed by atoms with Crippen LogP contribution in [0, 0.1) is 6.92 Å². The maximum absolute atomic E-state index is 11.9. The molecule has 2 aliphatic heterocycles. The number of aryl methyl sites for hydroxylation is 1. The van der Waals surface area contributed by atoms with Crippen molar-refractivity contribution in [2.75, 3.05) is 11.9 Å². The first kappa shape index (κ1) is 13.6. The molecule has 2 unspecified atom stereocenters. The van der Waals surface area contributed by atoms with E-state index in [-0.39, 0.29) is 5.91 Å². The summed E-state index contributed by atoms with van der Waals surface area (Å²) in [5, 5.41) is 6.53. The SMILES string of the molecule is Cc1cc(NC(=O)CCN2C3CCC2CC(N)C3)no1. The van der Waals surface area contributed by atoms with Crippen LogP contribution in [0.15, 0.2) is 10.6 Å². The smallest absolute Gasteiger partial charge is 0.226 e. The van der Waals surface area contributed by atoms with Crippen molar-refractivity contribution in [1.82, 2.24) is 10.1 Å². The molecule has 0 saturated carbocycles. The Morgan fingerprint density at radius 1 is 1.50 bits per heavy atom. The number of aromatic nitrogens is 1. The summed E-state index contributed by atoms with van der Waals surface area (Å²) in [6.07, 6.45) is 5.08. The molecule has 0 spiro atoms. The predicted molar refractivity (Wildman–Crippen MR) is 75.2 cm³/mol. The van der Waals surface area contributed by atoms with Crippen molar-refractivity contribution in [1.29, 1.82) is 0 Å². The van der Waals surface area contributed by atoms with Crippen LogP contribution >= 0.6 is 0 Å². The fourth-order valence-electron chi connectivity index (χ4n) is 3.54. The topological polar surface area (TPSA) is 84.4 Å². The van der Waals surface area contributed by atoms with E-state index >= 15 is 0 Å². The number of nitrogens with zero attached hydrogens (tertiary/aromatic N) is 2. The molecule has 0 aromatic carbocycles. The van der Waals surface area contributed by atoms with Crippen LogP contribution in [0.4, 0.5) is 5.82 Å². The molecule has 20 heavy (non-hydrogen) atoms. The molecule has 6 heteroatoms. The molecule has 1 amide bonds. The van der Waals surface area contributed by atoms with Gasteiger partial charge in [-0.15, -0.1) is 0 Å². The van der Waals surface area contributed by atoms with Crippen LogP contribution in [0.5, 0.6) is 0 Å². The lowest BCUT2D eigenvalue weighted by molar-refractivity contribution is -0.116. The Morgan fingerprint density at radius 3 is 2.80 bits per heavy atom. The van der Waals surface area contributed by atoms with E-state index < -0.39 is 0 Å². The third-order valence-corrected chi connectivity index (χ3v) is 4.41.